The first-order valence-corrected chi connectivity index (χ1v) is 17.1. The van der Waals surface area contributed by atoms with E-state index in [2.05, 4.69) is 181 Å². The molecular formula is C48H31NO. The number of rotatable bonds is 5. The highest BCUT2D eigenvalue weighted by Gasteiger charge is 2.22. The highest BCUT2D eigenvalue weighted by Crippen LogP contribution is 2.47. The zero-order valence-electron chi connectivity index (χ0n) is 27.3. The predicted molar refractivity (Wildman–Crippen MR) is 212 cm³/mol. The second-order valence-corrected chi connectivity index (χ2v) is 12.9. The lowest BCUT2D eigenvalue weighted by molar-refractivity contribution is 0.669. The van der Waals surface area contributed by atoms with Crippen LogP contribution in [-0.4, -0.2) is 0 Å². The van der Waals surface area contributed by atoms with E-state index in [4.69, 9.17) is 4.42 Å². The van der Waals surface area contributed by atoms with Crippen LogP contribution in [0.2, 0.25) is 0 Å². The number of anilines is 3. The van der Waals surface area contributed by atoms with Crippen molar-refractivity contribution in [3.8, 4) is 22.3 Å². The Hall–Kier alpha value is -6.64. The molecule has 2 heteroatoms. The molecule has 0 fully saturated rings. The van der Waals surface area contributed by atoms with Crippen molar-refractivity contribution < 1.29 is 4.42 Å². The molecule has 0 aliphatic heterocycles. The smallest absolute Gasteiger partial charge is 0.159 e. The summed E-state index contributed by atoms with van der Waals surface area (Å²) in [6.07, 6.45) is 0. The number of furan rings is 1. The Morgan fingerprint density at radius 3 is 1.86 bits per heavy atom. The van der Waals surface area contributed by atoms with E-state index in [0.29, 0.717) is 0 Å². The molecule has 9 aromatic carbocycles. The van der Waals surface area contributed by atoms with Crippen molar-refractivity contribution >= 4 is 71.3 Å². The molecule has 0 bridgehead atoms. The van der Waals surface area contributed by atoms with Crippen LogP contribution in [0.25, 0.3) is 76.5 Å². The Labute approximate surface area is 290 Å². The Bertz CT molecular complexity index is 2870. The highest BCUT2D eigenvalue weighted by atomic mass is 16.3. The molecule has 0 aliphatic rings. The van der Waals surface area contributed by atoms with Gasteiger partial charge in [0.2, 0.25) is 0 Å². The molecule has 50 heavy (non-hydrogen) atoms. The van der Waals surface area contributed by atoms with E-state index in [0.717, 1.165) is 50.1 Å². The van der Waals surface area contributed by atoms with Crippen LogP contribution < -0.4 is 4.90 Å². The van der Waals surface area contributed by atoms with Crippen LogP contribution in [0.4, 0.5) is 17.1 Å². The molecule has 0 atom stereocenters. The van der Waals surface area contributed by atoms with Gasteiger partial charge < -0.3 is 9.32 Å². The maximum atomic E-state index is 6.61. The number of para-hydroxylation sites is 3. The number of fused-ring (bicyclic) bond motifs is 8. The van der Waals surface area contributed by atoms with Gasteiger partial charge in [-0.3, -0.25) is 0 Å². The molecule has 0 spiro atoms. The Morgan fingerprint density at radius 1 is 0.340 bits per heavy atom. The molecule has 0 aliphatic carbocycles. The summed E-state index contributed by atoms with van der Waals surface area (Å²) in [4.78, 5) is 2.35. The standard InChI is InChI=1S/C48H31NO/c1-3-13-32(14-4-1)44-31-34(37-20-11-21-38-40(37)29-28-39-36-18-8-7-15-33(36)25-27-41(38)39)26-30-45(44)49(35-16-5-2-6-17-35)46-23-12-22-43-42-19-9-10-24-47(42)50-48(43)46/h1-31H. The normalized spacial score (nSPS) is 11.6. The van der Waals surface area contributed by atoms with Crippen LogP contribution in [0.1, 0.15) is 0 Å². The van der Waals surface area contributed by atoms with Gasteiger partial charge in [-0.05, 0) is 85.4 Å². The molecule has 10 rings (SSSR count). The Kier molecular flexibility index (Phi) is 6.53. The third kappa shape index (κ3) is 4.50. The lowest BCUT2D eigenvalue weighted by Crippen LogP contribution is -2.11. The van der Waals surface area contributed by atoms with Gasteiger partial charge in [0.05, 0.1) is 11.4 Å². The summed E-state index contributed by atoms with van der Waals surface area (Å²) in [7, 11) is 0. The fourth-order valence-electron chi connectivity index (χ4n) is 7.75. The lowest BCUT2D eigenvalue weighted by Gasteiger charge is -2.28. The number of hydrogen-bond acceptors (Lipinski definition) is 2. The largest absolute Gasteiger partial charge is 0.454 e. The van der Waals surface area contributed by atoms with Crippen LogP contribution in [0.15, 0.2) is 192 Å². The molecule has 0 amide bonds. The first-order chi connectivity index (χ1) is 24.8. The summed E-state index contributed by atoms with van der Waals surface area (Å²) < 4.78 is 6.61. The van der Waals surface area contributed by atoms with Crippen molar-refractivity contribution in [1.29, 1.82) is 0 Å². The van der Waals surface area contributed by atoms with Gasteiger partial charge >= 0.3 is 0 Å². The zero-order chi connectivity index (χ0) is 33.0. The molecule has 1 aromatic heterocycles. The molecule has 10 aromatic rings. The van der Waals surface area contributed by atoms with Gasteiger partial charge in [0.1, 0.15) is 5.58 Å². The predicted octanol–water partition coefficient (Wildman–Crippen LogP) is 13.8. The Balaban J connectivity index is 1.22. The number of benzene rings is 9. The van der Waals surface area contributed by atoms with Crippen LogP contribution in [0.3, 0.4) is 0 Å². The molecule has 0 radical (unpaired) electrons. The fraction of sp³-hybridized carbons (Fsp3) is 0. The minimum Gasteiger partial charge on any atom is -0.454 e. The average molecular weight is 638 g/mol. The van der Waals surface area contributed by atoms with Crippen LogP contribution in [-0.2, 0) is 0 Å². The van der Waals surface area contributed by atoms with Crippen LogP contribution in [0, 0.1) is 0 Å². The summed E-state index contributed by atoms with van der Waals surface area (Å²) >= 11 is 0. The number of hydrogen-bond donors (Lipinski definition) is 0. The van der Waals surface area contributed by atoms with Gasteiger partial charge in [-0.1, -0.05) is 152 Å². The zero-order valence-corrected chi connectivity index (χ0v) is 27.3. The van der Waals surface area contributed by atoms with Crippen LogP contribution >= 0.6 is 0 Å². The van der Waals surface area contributed by atoms with E-state index in [9.17, 15) is 0 Å². The topological polar surface area (TPSA) is 16.4 Å². The minimum atomic E-state index is 0.870. The maximum Gasteiger partial charge on any atom is 0.159 e. The van der Waals surface area contributed by atoms with Crippen molar-refractivity contribution in [2.24, 2.45) is 0 Å². The first kappa shape index (κ1) is 28.4. The first-order valence-electron chi connectivity index (χ1n) is 17.1. The van der Waals surface area contributed by atoms with Gasteiger partial charge in [-0.25, -0.2) is 0 Å². The second-order valence-electron chi connectivity index (χ2n) is 12.9. The van der Waals surface area contributed by atoms with Crippen molar-refractivity contribution in [1.82, 2.24) is 0 Å². The molecule has 0 saturated carbocycles. The summed E-state index contributed by atoms with van der Waals surface area (Å²) in [5, 5.41) is 9.84. The van der Waals surface area contributed by atoms with Crippen molar-refractivity contribution in [3.63, 3.8) is 0 Å². The third-order valence-corrected chi connectivity index (χ3v) is 10.1. The van der Waals surface area contributed by atoms with E-state index < -0.39 is 0 Å². The van der Waals surface area contributed by atoms with Gasteiger partial charge in [-0.15, -0.1) is 0 Å². The molecule has 0 unspecified atom stereocenters. The number of nitrogens with zero attached hydrogens (tertiary/aromatic N) is 1. The summed E-state index contributed by atoms with van der Waals surface area (Å²) in [5.41, 5.74) is 9.58. The van der Waals surface area contributed by atoms with E-state index in [-0.39, 0.29) is 0 Å². The summed E-state index contributed by atoms with van der Waals surface area (Å²) in [6, 6.07) is 67.5. The van der Waals surface area contributed by atoms with Gasteiger partial charge in [-0.2, -0.15) is 0 Å². The van der Waals surface area contributed by atoms with Gasteiger partial charge in [0.15, 0.2) is 5.58 Å². The molecular weight excluding hydrogens is 607 g/mol. The summed E-state index contributed by atoms with van der Waals surface area (Å²) in [6.45, 7) is 0. The van der Waals surface area contributed by atoms with Crippen molar-refractivity contribution in [3.05, 3.63) is 188 Å². The highest BCUT2D eigenvalue weighted by molar-refractivity contribution is 6.19. The van der Waals surface area contributed by atoms with E-state index >= 15 is 0 Å². The average Bonchev–Trinajstić information content (AvgIpc) is 3.58. The molecule has 2 nitrogen and oxygen atoms in total. The summed E-state index contributed by atoms with van der Waals surface area (Å²) in [5.74, 6) is 0. The van der Waals surface area contributed by atoms with Crippen LogP contribution in [0.5, 0.6) is 0 Å². The second kappa shape index (κ2) is 11.5. The van der Waals surface area contributed by atoms with Crippen molar-refractivity contribution in [2.75, 3.05) is 4.90 Å². The van der Waals surface area contributed by atoms with E-state index in [1.807, 2.05) is 12.1 Å². The maximum absolute atomic E-state index is 6.61. The third-order valence-electron chi connectivity index (χ3n) is 10.1. The van der Waals surface area contributed by atoms with Gasteiger partial charge in [0.25, 0.3) is 0 Å². The SMILES string of the molecule is c1ccc(-c2cc(-c3cccc4c3ccc3c5ccccc5ccc43)ccc2N(c2ccccc2)c2cccc3c2oc2ccccc23)cc1. The molecule has 234 valence electrons. The fourth-order valence-corrected chi connectivity index (χ4v) is 7.75. The van der Waals surface area contributed by atoms with E-state index in [1.54, 1.807) is 0 Å². The van der Waals surface area contributed by atoms with Gasteiger partial charge in [0, 0.05) is 22.0 Å². The molecule has 0 saturated heterocycles. The van der Waals surface area contributed by atoms with E-state index in [1.165, 1.54) is 43.4 Å². The minimum absolute atomic E-state index is 0.870. The van der Waals surface area contributed by atoms with Crippen molar-refractivity contribution in [2.45, 2.75) is 0 Å². The lowest BCUT2D eigenvalue weighted by atomic mass is 9.91. The Morgan fingerprint density at radius 2 is 0.980 bits per heavy atom. The quantitative estimate of drug-likeness (QED) is 0.175. The molecule has 0 N–H and O–H groups in total. The monoisotopic (exact) mass is 637 g/mol. The molecule has 1 heterocycles.